The summed E-state index contributed by atoms with van der Waals surface area (Å²) >= 11 is 0. The van der Waals surface area contributed by atoms with E-state index in [9.17, 15) is 5.11 Å². The summed E-state index contributed by atoms with van der Waals surface area (Å²) in [7, 11) is 0. The number of aromatic nitrogens is 2. The van der Waals surface area contributed by atoms with Gasteiger partial charge in [0.15, 0.2) is 0 Å². The molecule has 0 aliphatic heterocycles. The predicted octanol–water partition coefficient (Wildman–Crippen LogP) is 2.15. The standard InChI is InChI=1S/C14H19N3O/c1-2-3-14-16-8-9-17(14)10-13(18)11-4-6-12(15)7-5-11/h4-9,13,18H,2-3,10,15H2,1H3. The first-order valence-electron chi connectivity index (χ1n) is 6.24. The topological polar surface area (TPSA) is 64.1 Å². The number of rotatable bonds is 5. The second-order valence-electron chi connectivity index (χ2n) is 4.43. The maximum absolute atomic E-state index is 10.2. The molecule has 0 amide bonds. The molecule has 0 aliphatic rings. The van der Waals surface area contributed by atoms with Gasteiger partial charge in [0.2, 0.25) is 0 Å². The first-order valence-corrected chi connectivity index (χ1v) is 6.24. The molecular formula is C14H19N3O. The summed E-state index contributed by atoms with van der Waals surface area (Å²) in [6.07, 6.45) is 5.14. The molecule has 0 bridgehead atoms. The molecule has 1 atom stereocenters. The number of aliphatic hydroxyl groups is 1. The number of nitrogen functional groups attached to an aromatic ring is 1. The minimum absolute atomic E-state index is 0.527. The lowest BCUT2D eigenvalue weighted by molar-refractivity contribution is 0.155. The van der Waals surface area contributed by atoms with Gasteiger partial charge in [-0.15, -0.1) is 0 Å². The average Bonchev–Trinajstić information content (AvgIpc) is 2.78. The van der Waals surface area contributed by atoms with Crippen LogP contribution in [0, 0.1) is 0 Å². The quantitative estimate of drug-likeness (QED) is 0.793. The molecule has 3 N–H and O–H groups in total. The van der Waals surface area contributed by atoms with Crippen LogP contribution in [-0.2, 0) is 13.0 Å². The highest BCUT2D eigenvalue weighted by molar-refractivity contribution is 5.39. The van der Waals surface area contributed by atoms with Crippen LogP contribution in [0.4, 0.5) is 5.69 Å². The van der Waals surface area contributed by atoms with E-state index in [1.54, 1.807) is 18.3 Å². The Hall–Kier alpha value is -1.81. The molecule has 0 aliphatic carbocycles. The van der Waals surface area contributed by atoms with Gasteiger partial charge in [-0.25, -0.2) is 4.98 Å². The van der Waals surface area contributed by atoms with Gasteiger partial charge in [-0.2, -0.15) is 0 Å². The van der Waals surface area contributed by atoms with Crippen molar-refractivity contribution in [3.8, 4) is 0 Å². The number of anilines is 1. The van der Waals surface area contributed by atoms with E-state index >= 15 is 0 Å². The van der Waals surface area contributed by atoms with E-state index in [0.717, 1.165) is 24.2 Å². The second-order valence-corrected chi connectivity index (χ2v) is 4.43. The van der Waals surface area contributed by atoms with Crippen LogP contribution < -0.4 is 5.73 Å². The van der Waals surface area contributed by atoms with E-state index in [1.807, 2.05) is 22.9 Å². The molecule has 1 heterocycles. The SMILES string of the molecule is CCCc1nccn1CC(O)c1ccc(N)cc1. The molecule has 1 unspecified atom stereocenters. The van der Waals surface area contributed by atoms with Crippen LogP contribution in [0.15, 0.2) is 36.7 Å². The molecule has 0 radical (unpaired) electrons. The van der Waals surface area contributed by atoms with Crippen LogP contribution >= 0.6 is 0 Å². The summed E-state index contributed by atoms with van der Waals surface area (Å²) < 4.78 is 2.00. The van der Waals surface area contributed by atoms with Crippen LogP contribution in [-0.4, -0.2) is 14.7 Å². The Morgan fingerprint density at radius 3 is 2.72 bits per heavy atom. The lowest BCUT2D eigenvalue weighted by Gasteiger charge is -2.14. The molecule has 96 valence electrons. The van der Waals surface area contributed by atoms with E-state index in [4.69, 9.17) is 5.73 Å². The summed E-state index contributed by atoms with van der Waals surface area (Å²) in [4.78, 5) is 4.30. The smallest absolute Gasteiger partial charge is 0.108 e. The zero-order valence-corrected chi connectivity index (χ0v) is 10.6. The van der Waals surface area contributed by atoms with Gasteiger partial charge in [0.05, 0.1) is 12.6 Å². The van der Waals surface area contributed by atoms with Gasteiger partial charge in [0.25, 0.3) is 0 Å². The van der Waals surface area contributed by atoms with Gasteiger partial charge in [0.1, 0.15) is 5.82 Å². The highest BCUT2D eigenvalue weighted by Gasteiger charge is 2.10. The first-order chi connectivity index (χ1) is 8.70. The third-order valence-corrected chi connectivity index (χ3v) is 2.97. The van der Waals surface area contributed by atoms with Gasteiger partial charge < -0.3 is 15.4 Å². The fourth-order valence-corrected chi connectivity index (χ4v) is 1.97. The molecule has 1 aromatic heterocycles. The molecule has 0 saturated heterocycles. The Balaban J connectivity index is 2.08. The first kappa shape index (κ1) is 12.6. The zero-order chi connectivity index (χ0) is 13.0. The Kier molecular flexibility index (Phi) is 3.99. The van der Waals surface area contributed by atoms with Gasteiger partial charge in [-0.05, 0) is 24.1 Å². The third kappa shape index (κ3) is 2.90. The van der Waals surface area contributed by atoms with Crippen LogP contribution in [0.1, 0.15) is 30.8 Å². The minimum atomic E-state index is -0.532. The summed E-state index contributed by atoms with van der Waals surface area (Å²) in [5, 5.41) is 10.2. The maximum atomic E-state index is 10.2. The lowest BCUT2D eigenvalue weighted by atomic mass is 10.1. The molecular weight excluding hydrogens is 226 g/mol. The monoisotopic (exact) mass is 245 g/mol. The number of imidazole rings is 1. The van der Waals surface area contributed by atoms with Gasteiger partial charge in [0, 0.05) is 24.5 Å². The van der Waals surface area contributed by atoms with Crippen molar-refractivity contribution in [1.29, 1.82) is 0 Å². The Bertz CT molecular complexity index is 490. The number of hydrogen-bond donors (Lipinski definition) is 2. The van der Waals surface area contributed by atoms with Crippen molar-refractivity contribution in [1.82, 2.24) is 9.55 Å². The molecule has 4 nitrogen and oxygen atoms in total. The summed E-state index contributed by atoms with van der Waals surface area (Å²) in [5.74, 6) is 1.02. The summed E-state index contributed by atoms with van der Waals surface area (Å²) in [6, 6.07) is 7.33. The van der Waals surface area contributed by atoms with Crippen LogP contribution in [0.3, 0.4) is 0 Å². The fourth-order valence-electron chi connectivity index (χ4n) is 1.97. The third-order valence-electron chi connectivity index (χ3n) is 2.97. The largest absolute Gasteiger partial charge is 0.399 e. The van der Waals surface area contributed by atoms with E-state index < -0.39 is 6.10 Å². The van der Waals surface area contributed by atoms with Crippen molar-refractivity contribution in [2.45, 2.75) is 32.4 Å². The second kappa shape index (κ2) is 5.69. The van der Waals surface area contributed by atoms with Crippen molar-refractivity contribution >= 4 is 5.69 Å². The number of hydrogen-bond acceptors (Lipinski definition) is 3. The zero-order valence-electron chi connectivity index (χ0n) is 10.6. The maximum Gasteiger partial charge on any atom is 0.108 e. The van der Waals surface area contributed by atoms with E-state index in [1.165, 1.54) is 0 Å². The van der Waals surface area contributed by atoms with Crippen LogP contribution in [0.5, 0.6) is 0 Å². The molecule has 1 aromatic carbocycles. The predicted molar refractivity (Wildman–Crippen MR) is 72.0 cm³/mol. The number of nitrogens with zero attached hydrogens (tertiary/aromatic N) is 2. The van der Waals surface area contributed by atoms with Gasteiger partial charge >= 0.3 is 0 Å². The minimum Gasteiger partial charge on any atom is -0.399 e. The summed E-state index contributed by atoms with van der Waals surface area (Å²) in [6.45, 7) is 2.65. The summed E-state index contributed by atoms with van der Waals surface area (Å²) in [5.41, 5.74) is 7.21. The van der Waals surface area contributed by atoms with E-state index in [0.29, 0.717) is 12.2 Å². The highest BCUT2D eigenvalue weighted by Crippen LogP contribution is 2.17. The fraction of sp³-hybridized carbons (Fsp3) is 0.357. The number of aliphatic hydroxyl groups excluding tert-OH is 1. The lowest BCUT2D eigenvalue weighted by Crippen LogP contribution is -2.11. The van der Waals surface area contributed by atoms with Crippen molar-refractivity contribution in [2.75, 3.05) is 5.73 Å². The van der Waals surface area contributed by atoms with Crippen molar-refractivity contribution < 1.29 is 5.11 Å². The van der Waals surface area contributed by atoms with Crippen molar-refractivity contribution in [3.63, 3.8) is 0 Å². The molecule has 4 heteroatoms. The Morgan fingerprint density at radius 2 is 2.06 bits per heavy atom. The molecule has 18 heavy (non-hydrogen) atoms. The molecule has 0 saturated carbocycles. The number of aryl methyl sites for hydroxylation is 1. The van der Waals surface area contributed by atoms with E-state index in [2.05, 4.69) is 11.9 Å². The molecule has 0 fully saturated rings. The van der Waals surface area contributed by atoms with Crippen LogP contribution in [0.25, 0.3) is 0 Å². The van der Waals surface area contributed by atoms with Crippen LogP contribution in [0.2, 0.25) is 0 Å². The van der Waals surface area contributed by atoms with Gasteiger partial charge in [-0.3, -0.25) is 0 Å². The molecule has 2 rings (SSSR count). The van der Waals surface area contributed by atoms with Crippen molar-refractivity contribution in [3.05, 3.63) is 48.0 Å². The normalized spacial score (nSPS) is 12.6. The van der Waals surface area contributed by atoms with Gasteiger partial charge in [-0.1, -0.05) is 19.1 Å². The average molecular weight is 245 g/mol. The molecule has 2 aromatic rings. The van der Waals surface area contributed by atoms with E-state index in [-0.39, 0.29) is 0 Å². The number of benzene rings is 1. The molecule has 0 spiro atoms. The number of nitrogens with two attached hydrogens (primary N) is 1. The Labute approximate surface area is 107 Å². The highest BCUT2D eigenvalue weighted by atomic mass is 16.3. The Morgan fingerprint density at radius 1 is 1.33 bits per heavy atom. The van der Waals surface area contributed by atoms with Crippen molar-refractivity contribution in [2.24, 2.45) is 0 Å².